The number of aliphatic carboxylic acids is 1. The summed E-state index contributed by atoms with van der Waals surface area (Å²) in [4.78, 5) is 8.89. The zero-order chi connectivity index (χ0) is 7.82. The molecule has 0 saturated heterocycles. The van der Waals surface area contributed by atoms with Crippen molar-refractivity contribution in [1.29, 1.82) is 0 Å². The van der Waals surface area contributed by atoms with Gasteiger partial charge >= 0.3 is 29.6 Å². The Labute approximate surface area is 88.5 Å². The van der Waals surface area contributed by atoms with E-state index in [0.717, 1.165) is 6.92 Å². The molecule has 1 aromatic rings. The van der Waals surface area contributed by atoms with E-state index in [1.807, 2.05) is 36.4 Å². The van der Waals surface area contributed by atoms with Gasteiger partial charge in [0, 0.05) is 5.97 Å². The van der Waals surface area contributed by atoms with E-state index in [0.29, 0.717) is 0 Å². The molecule has 3 heteroatoms. The van der Waals surface area contributed by atoms with Crippen molar-refractivity contribution in [3.8, 4) is 0 Å². The summed E-state index contributed by atoms with van der Waals surface area (Å²) in [6, 6.07) is 12.0. The minimum absolute atomic E-state index is 0. The van der Waals surface area contributed by atoms with Gasteiger partial charge < -0.3 is 9.90 Å². The van der Waals surface area contributed by atoms with Crippen LogP contribution >= 0.6 is 0 Å². The van der Waals surface area contributed by atoms with E-state index in [9.17, 15) is 0 Å². The van der Waals surface area contributed by atoms with Crippen molar-refractivity contribution in [1.82, 2.24) is 0 Å². The van der Waals surface area contributed by atoms with Gasteiger partial charge in [0.1, 0.15) is 0 Å². The average Bonchev–Trinajstić information content (AvgIpc) is 1.90. The maximum atomic E-state index is 8.89. The number of hydrogen-bond acceptors (Lipinski definition) is 2. The second kappa shape index (κ2) is 9.69. The first-order valence-electron chi connectivity index (χ1n) is 2.91. The van der Waals surface area contributed by atoms with E-state index >= 15 is 0 Å². The predicted octanol–water partition coefficient (Wildman–Crippen LogP) is -2.55. The van der Waals surface area contributed by atoms with Crippen LogP contribution in [0.15, 0.2) is 36.4 Å². The number of carboxylic acid groups (broad SMARTS) is 1. The fourth-order valence-corrected chi connectivity index (χ4v) is 0.385. The van der Waals surface area contributed by atoms with Crippen molar-refractivity contribution >= 4 is 5.97 Å². The number of rotatable bonds is 0. The quantitative estimate of drug-likeness (QED) is 0.392. The molecule has 0 aromatic heterocycles. The van der Waals surface area contributed by atoms with Gasteiger partial charge in [0.05, 0.1) is 0 Å². The largest absolute Gasteiger partial charge is 1.00 e. The van der Waals surface area contributed by atoms with Crippen LogP contribution in [0.25, 0.3) is 0 Å². The molecule has 0 atom stereocenters. The van der Waals surface area contributed by atoms with Crippen LogP contribution in [0.1, 0.15) is 6.92 Å². The molecule has 11 heavy (non-hydrogen) atoms. The van der Waals surface area contributed by atoms with Crippen molar-refractivity contribution in [2.24, 2.45) is 0 Å². The number of carbonyl (C=O) groups is 1. The fraction of sp³-hybridized carbons (Fsp3) is 0.125. The SMILES string of the molecule is CC(=O)[O-].[Na+].c1ccccc1. The van der Waals surface area contributed by atoms with E-state index < -0.39 is 5.97 Å². The smallest absolute Gasteiger partial charge is 0.550 e. The molecule has 1 aromatic carbocycles. The summed E-state index contributed by atoms with van der Waals surface area (Å²) in [7, 11) is 0. The van der Waals surface area contributed by atoms with E-state index in [1.165, 1.54) is 0 Å². The Morgan fingerprint density at radius 3 is 1.18 bits per heavy atom. The van der Waals surface area contributed by atoms with E-state index in [1.54, 1.807) is 0 Å². The van der Waals surface area contributed by atoms with Crippen LogP contribution in [-0.2, 0) is 4.79 Å². The van der Waals surface area contributed by atoms with Crippen LogP contribution in [-0.4, -0.2) is 5.97 Å². The molecule has 0 unspecified atom stereocenters. The van der Waals surface area contributed by atoms with Gasteiger partial charge in [-0.05, 0) is 6.92 Å². The first kappa shape index (κ1) is 13.3. The van der Waals surface area contributed by atoms with Crippen LogP contribution < -0.4 is 34.7 Å². The summed E-state index contributed by atoms with van der Waals surface area (Å²) in [5.41, 5.74) is 0. The topological polar surface area (TPSA) is 40.1 Å². The Bertz CT molecular complexity index is 144. The van der Waals surface area contributed by atoms with Gasteiger partial charge in [-0.2, -0.15) is 0 Å². The van der Waals surface area contributed by atoms with Crippen molar-refractivity contribution in [3.05, 3.63) is 36.4 Å². The van der Waals surface area contributed by atoms with E-state index in [4.69, 9.17) is 9.90 Å². The van der Waals surface area contributed by atoms with Crippen LogP contribution in [0.2, 0.25) is 0 Å². The molecule has 0 amide bonds. The standard InChI is InChI=1S/C6H6.C2H4O2.Na/c1-2-4-6-5-3-1;1-2(3)4;/h1-6H;1H3,(H,3,4);/q;;+1/p-1. The number of hydrogen-bond donors (Lipinski definition) is 0. The van der Waals surface area contributed by atoms with Crippen LogP contribution in [0.5, 0.6) is 0 Å². The van der Waals surface area contributed by atoms with Gasteiger partial charge in [-0.15, -0.1) is 0 Å². The van der Waals surface area contributed by atoms with Crippen LogP contribution in [0.4, 0.5) is 0 Å². The molecule has 0 aliphatic heterocycles. The summed E-state index contributed by atoms with van der Waals surface area (Å²) < 4.78 is 0. The maximum absolute atomic E-state index is 8.89. The molecule has 1 rings (SSSR count). The summed E-state index contributed by atoms with van der Waals surface area (Å²) in [6.07, 6.45) is 0. The number of benzene rings is 1. The average molecular weight is 160 g/mol. The summed E-state index contributed by atoms with van der Waals surface area (Å²) >= 11 is 0. The molecule has 54 valence electrons. The summed E-state index contributed by atoms with van der Waals surface area (Å²) in [5, 5.41) is 8.89. The number of carboxylic acids is 1. The van der Waals surface area contributed by atoms with Crippen LogP contribution in [0.3, 0.4) is 0 Å². The van der Waals surface area contributed by atoms with Crippen LogP contribution in [0, 0.1) is 0 Å². The van der Waals surface area contributed by atoms with Gasteiger partial charge in [0.2, 0.25) is 0 Å². The van der Waals surface area contributed by atoms with Gasteiger partial charge in [-0.3, -0.25) is 0 Å². The number of carbonyl (C=O) groups excluding carboxylic acids is 1. The first-order chi connectivity index (χ1) is 4.73. The van der Waals surface area contributed by atoms with Gasteiger partial charge in [-0.1, -0.05) is 36.4 Å². The zero-order valence-electron chi connectivity index (χ0n) is 6.78. The zero-order valence-corrected chi connectivity index (χ0v) is 8.78. The summed E-state index contributed by atoms with van der Waals surface area (Å²) in [5.74, 6) is -1.08. The Morgan fingerprint density at radius 2 is 1.09 bits per heavy atom. The molecule has 0 bridgehead atoms. The predicted molar refractivity (Wildman–Crippen MR) is 37.1 cm³/mol. The molecule has 2 nitrogen and oxygen atoms in total. The molecular formula is C8H9NaO2. The Hall–Kier alpha value is -0.310. The van der Waals surface area contributed by atoms with Crippen molar-refractivity contribution in [2.75, 3.05) is 0 Å². The normalized spacial score (nSPS) is 6.64. The molecule has 0 fully saturated rings. The second-order valence-electron chi connectivity index (χ2n) is 1.65. The van der Waals surface area contributed by atoms with E-state index in [2.05, 4.69) is 0 Å². The second-order valence-corrected chi connectivity index (χ2v) is 1.65. The minimum Gasteiger partial charge on any atom is -0.550 e. The molecule has 0 aliphatic rings. The van der Waals surface area contributed by atoms with Gasteiger partial charge in [-0.25, -0.2) is 0 Å². The Morgan fingerprint density at radius 1 is 1.00 bits per heavy atom. The first-order valence-corrected chi connectivity index (χ1v) is 2.91. The maximum Gasteiger partial charge on any atom is 1.00 e. The van der Waals surface area contributed by atoms with E-state index in [-0.39, 0.29) is 29.6 Å². The molecule has 0 heterocycles. The molecule has 0 spiro atoms. The summed E-state index contributed by atoms with van der Waals surface area (Å²) in [6.45, 7) is 0.972. The molecule has 0 saturated carbocycles. The van der Waals surface area contributed by atoms with Crippen molar-refractivity contribution in [2.45, 2.75) is 6.92 Å². The molecule has 0 radical (unpaired) electrons. The van der Waals surface area contributed by atoms with Gasteiger partial charge in [0.15, 0.2) is 0 Å². The third kappa shape index (κ3) is 17.7. The molecule has 0 aliphatic carbocycles. The monoisotopic (exact) mass is 160 g/mol. The van der Waals surface area contributed by atoms with Crippen molar-refractivity contribution < 1.29 is 39.5 Å². The van der Waals surface area contributed by atoms with Crippen molar-refractivity contribution in [3.63, 3.8) is 0 Å². The minimum atomic E-state index is -1.08. The fourth-order valence-electron chi connectivity index (χ4n) is 0.385. The molecular weight excluding hydrogens is 151 g/mol. The van der Waals surface area contributed by atoms with Gasteiger partial charge in [0.25, 0.3) is 0 Å². The Kier molecular flexibility index (Phi) is 11.7. The molecule has 0 N–H and O–H groups in total. The third-order valence-electron chi connectivity index (χ3n) is 0.667. The Balaban J connectivity index is 0. The third-order valence-corrected chi connectivity index (χ3v) is 0.667.